The van der Waals surface area contributed by atoms with Crippen molar-refractivity contribution >= 4 is 5.69 Å². The molecular formula is C26H32F4N4O2. The third-order valence-electron chi connectivity index (χ3n) is 7.30. The molecule has 6 nitrogen and oxygen atoms in total. The Kier molecular flexibility index (Phi) is 7.00. The van der Waals surface area contributed by atoms with Gasteiger partial charge in [-0.3, -0.25) is 9.88 Å². The number of fused-ring (bicyclic) bond motifs is 2. The molecule has 10 heteroatoms. The van der Waals surface area contributed by atoms with Crippen LogP contribution in [0.1, 0.15) is 56.0 Å². The zero-order valence-electron chi connectivity index (χ0n) is 20.6. The van der Waals surface area contributed by atoms with Crippen LogP contribution in [0.25, 0.3) is 0 Å². The molecule has 3 aliphatic heterocycles. The van der Waals surface area contributed by atoms with E-state index in [4.69, 9.17) is 9.47 Å². The van der Waals surface area contributed by atoms with Gasteiger partial charge in [0.25, 0.3) is 0 Å². The summed E-state index contributed by atoms with van der Waals surface area (Å²) in [6.07, 6.45) is 0.716. The summed E-state index contributed by atoms with van der Waals surface area (Å²) in [5.74, 6) is 0.380. The number of pyridine rings is 1. The summed E-state index contributed by atoms with van der Waals surface area (Å²) < 4.78 is 67.3. The molecule has 36 heavy (non-hydrogen) atoms. The van der Waals surface area contributed by atoms with Gasteiger partial charge in [0.15, 0.2) is 11.5 Å². The number of nitrogens with zero attached hydrogens (tertiary/aromatic N) is 3. The SMILES string of the molecule is CCCCN1CC[C@H](Nc2cnc([C@@H]3c4cc5c(cc4C[C@@H](C)N3CC(F)(F)F)OCO5)c(F)c2)C1. The minimum atomic E-state index is -4.44. The van der Waals surface area contributed by atoms with Gasteiger partial charge < -0.3 is 19.7 Å². The van der Waals surface area contributed by atoms with Crippen LogP contribution >= 0.6 is 0 Å². The average molecular weight is 509 g/mol. The Morgan fingerprint density at radius 3 is 2.67 bits per heavy atom. The van der Waals surface area contributed by atoms with Gasteiger partial charge in [-0.05, 0) is 56.0 Å². The Morgan fingerprint density at radius 1 is 1.17 bits per heavy atom. The van der Waals surface area contributed by atoms with Crippen LogP contribution in [0.5, 0.6) is 11.5 Å². The van der Waals surface area contributed by atoms with E-state index in [1.807, 2.05) is 0 Å². The van der Waals surface area contributed by atoms with E-state index in [-0.39, 0.29) is 18.5 Å². The van der Waals surface area contributed by atoms with Gasteiger partial charge in [0, 0.05) is 31.2 Å². The quantitative estimate of drug-likeness (QED) is 0.523. The smallest absolute Gasteiger partial charge is 0.401 e. The standard InChI is InChI=1S/C26H32F4N4O2/c1-3-4-6-33-7-5-18(13-33)32-19-10-21(27)24(31-12-19)25-20-11-23-22(35-15-36-23)9-17(20)8-16(2)34(25)14-26(28,29)30/h9-12,16,18,25,32H,3-8,13-15H2,1-2H3/t16-,18+,25+/m1/s1. The number of aromatic nitrogens is 1. The molecule has 0 radical (unpaired) electrons. The Hall–Kier alpha value is -2.59. The summed E-state index contributed by atoms with van der Waals surface area (Å²) in [5, 5.41) is 3.36. The highest BCUT2D eigenvalue weighted by Gasteiger charge is 2.43. The van der Waals surface area contributed by atoms with Gasteiger partial charge in [-0.15, -0.1) is 0 Å². The Morgan fingerprint density at radius 2 is 1.94 bits per heavy atom. The van der Waals surface area contributed by atoms with Crippen LogP contribution < -0.4 is 14.8 Å². The Bertz CT molecular complexity index is 1100. The second-order valence-electron chi connectivity index (χ2n) is 10.0. The molecule has 1 N–H and O–H groups in total. The maximum absolute atomic E-state index is 15.6. The van der Waals surface area contributed by atoms with E-state index in [0.717, 1.165) is 44.5 Å². The molecule has 2 aromatic rings. The Balaban J connectivity index is 1.44. The number of unbranched alkanes of at least 4 members (excludes halogenated alkanes) is 1. The molecule has 0 amide bonds. The third kappa shape index (κ3) is 5.25. The summed E-state index contributed by atoms with van der Waals surface area (Å²) in [6.45, 7) is 5.70. The molecule has 1 aromatic heterocycles. The zero-order valence-corrected chi connectivity index (χ0v) is 20.6. The van der Waals surface area contributed by atoms with E-state index in [2.05, 4.69) is 22.1 Å². The Labute approximate surface area is 208 Å². The number of alkyl halides is 3. The number of anilines is 1. The lowest BCUT2D eigenvalue weighted by Crippen LogP contribution is -2.47. The lowest BCUT2D eigenvalue weighted by Gasteiger charge is -2.42. The van der Waals surface area contributed by atoms with E-state index in [9.17, 15) is 13.2 Å². The third-order valence-corrected chi connectivity index (χ3v) is 7.30. The van der Waals surface area contributed by atoms with Gasteiger partial charge in [0.2, 0.25) is 6.79 Å². The lowest BCUT2D eigenvalue weighted by atomic mass is 9.86. The highest BCUT2D eigenvalue weighted by molar-refractivity contribution is 5.53. The first kappa shape index (κ1) is 25.1. The number of rotatable bonds is 7. The predicted molar refractivity (Wildman–Crippen MR) is 128 cm³/mol. The number of likely N-dealkylation sites (tertiary alicyclic amines) is 1. The van der Waals surface area contributed by atoms with Crippen molar-refractivity contribution in [1.82, 2.24) is 14.8 Å². The normalized spacial score (nSPS) is 24.2. The summed E-state index contributed by atoms with van der Waals surface area (Å²) >= 11 is 0. The lowest BCUT2D eigenvalue weighted by molar-refractivity contribution is -0.155. The van der Waals surface area contributed by atoms with Crippen molar-refractivity contribution in [1.29, 1.82) is 0 Å². The van der Waals surface area contributed by atoms with Gasteiger partial charge in [0.05, 0.1) is 30.2 Å². The van der Waals surface area contributed by atoms with Crippen molar-refractivity contribution in [2.24, 2.45) is 0 Å². The molecule has 4 heterocycles. The van der Waals surface area contributed by atoms with Crippen LogP contribution in [-0.4, -0.2) is 66.0 Å². The first-order chi connectivity index (χ1) is 17.2. The van der Waals surface area contributed by atoms with E-state index in [1.54, 1.807) is 19.1 Å². The van der Waals surface area contributed by atoms with Crippen molar-refractivity contribution in [3.05, 3.63) is 47.0 Å². The van der Waals surface area contributed by atoms with Crippen LogP contribution in [0.3, 0.4) is 0 Å². The van der Waals surface area contributed by atoms with E-state index in [1.165, 1.54) is 17.2 Å². The molecule has 5 rings (SSSR count). The highest BCUT2D eigenvalue weighted by atomic mass is 19.4. The fraction of sp³-hybridized carbons (Fsp3) is 0.577. The van der Waals surface area contributed by atoms with Crippen molar-refractivity contribution in [2.75, 3.05) is 38.3 Å². The monoisotopic (exact) mass is 508 g/mol. The molecule has 0 aliphatic carbocycles. The van der Waals surface area contributed by atoms with Crippen molar-refractivity contribution in [3.8, 4) is 11.5 Å². The van der Waals surface area contributed by atoms with E-state index in [0.29, 0.717) is 29.2 Å². The van der Waals surface area contributed by atoms with Gasteiger partial charge in [-0.25, -0.2) is 4.39 Å². The highest BCUT2D eigenvalue weighted by Crippen LogP contribution is 2.45. The fourth-order valence-corrected chi connectivity index (χ4v) is 5.56. The van der Waals surface area contributed by atoms with Crippen molar-refractivity contribution < 1.29 is 27.0 Å². The van der Waals surface area contributed by atoms with Crippen LogP contribution in [0.15, 0.2) is 24.4 Å². The number of ether oxygens (including phenoxy) is 2. The van der Waals surface area contributed by atoms with Gasteiger partial charge >= 0.3 is 6.18 Å². The van der Waals surface area contributed by atoms with Gasteiger partial charge in [0.1, 0.15) is 5.82 Å². The number of hydrogen-bond donors (Lipinski definition) is 1. The molecule has 1 fully saturated rings. The molecule has 196 valence electrons. The minimum Gasteiger partial charge on any atom is -0.454 e. The van der Waals surface area contributed by atoms with Crippen LogP contribution in [0, 0.1) is 5.82 Å². The van der Waals surface area contributed by atoms with E-state index >= 15 is 4.39 Å². The molecule has 1 saturated heterocycles. The molecule has 3 atom stereocenters. The molecule has 1 aromatic carbocycles. The number of nitrogens with one attached hydrogen (secondary N) is 1. The molecule has 0 spiro atoms. The van der Waals surface area contributed by atoms with Crippen LogP contribution in [0.2, 0.25) is 0 Å². The molecule has 0 unspecified atom stereocenters. The van der Waals surface area contributed by atoms with E-state index < -0.39 is 30.6 Å². The molecule has 0 bridgehead atoms. The van der Waals surface area contributed by atoms with Crippen molar-refractivity contribution in [2.45, 2.75) is 63.8 Å². The maximum atomic E-state index is 15.6. The number of benzene rings is 1. The zero-order chi connectivity index (χ0) is 25.4. The summed E-state index contributed by atoms with van der Waals surface area (Å²) in [7, 11) is 0. The minimum absolute atomic E-state index is 0.0209. The first-order valence-electron chi connectivity index (χ1n) is 12.6. The second kappa shape index (κ2) is 10.0. The maximum Gasteiger partial charge on any atom is 0.401 e. The number of hydrogen-bond acceptors (Lipinski definition) is 6. The van der Waals surface area contributed by atoms with Gasteiger partial charge in [-0.2, -0.15) is 13.2 Å². The van der Waals surface area contributed by atoms with Crippen LogP contribution in [-0.2, 0) is 6.42 Å². The largest absolute Gasteiger partial charge is 0.454 e. The number of halogens is 4. The summed E-state index contributed by atoms with van der Waals surface area (Å²) in [6, 6.07) is 3.54. The van der Waals surface area contributed by atoms with Gasteiger partial charge in [-0.1, -0.05) is 13.3 Å². The molecule has 0 saturated carbocycles. The van der Waals surface area contributed by atoms with Crippen LogP contribution in [0.4, 0.5) is 23.2 Å². The topological polar surface area (TPSA) is 49.9 Å². The average Bonchev–Trinajstić information content (AvgIpc) is 3.46. The molecule has 3 aliphatic rings. The molecular weight excluding hydrogens is 476 g/mol. The van der Waals surface area contributed by atoms with Crippen molar-refractivity contribution in [3.63, 3.8) is 0 Å². The predicted octanol–water partition coefficient (Wildman–Crippen LogP) is 5.13. The summed E-state index contributed by atoms with van der Waals surface area (Å²) in [5.41, 5.74) is 1.90. The second-order valence-corrected chi connectivity index (χ2v) is 10.0. The first-order valence-corrected chi connectivity index (χ1v) is 12.6. The summed E-state index contributed by atoms with van der Waals surface area (Å²) in [4.78, 5) is 8.06. The fourth-order valence-electron chi connectivity index (χ4n) is 5.56.